The second kappa shape index (κ2) is 9.34. The van der Waals surface area contributed by atoms with Gasteiger partial charge in [-0.05, 0) is 30.9 Å². The molecular weight excluding hydrogens is 364 g/mol. The second-order valence-electron chi connectivity index (χ2n) is 6.83. The van der Waals surface area contributed by atoms with E-state index < -0.39 is 30.0 Å². The number of alkyl carbamates (subject to hydrolysis) is 1. The molecule has 1 aliphatic rings. The fourth-order valence-corrected chi connectivity index (χ4v) is 3.05. The molecule has 2 rings (SSSR count). The molecule has 1 aliphatic heterocycles. The van der Waals surface area contributed by atoms with E-state index in [2.05, 4.69) is 18.6 Å². The van der Waals surface area contributed by atoms with Crippen molar-refractivity contribution in [3.8, 4) is 0 Å². The van der Waals surface area contributed by atoms with Gasteiger partial charge in [0.25, 0.3) is 5.91 Å². The van der Waals surface area contributed by atoms with Crippen LogP contribution in [-0.2, 0) is 23.9 Å². The van der Waals surface area contributed by atoms with E-state index in [0.717, 1.165) is 24.8 Å². The summed E-state index contributed by atoms with van der Waals surface area (Å²) in [4.78, 5) is 49.4. The zero-order chi connectivity index (χ0) is 20.8. The van der Waals surface area contributed by atoms with Gasteiger partial charge in [-0.25, -0.2) is 4.79 Å². The summed E-state index contributed by atoms with van der Waals surface area (Å²) >= 11 is 0. The van der Waals surface area contributed by atoms with Crippen LogP contribution in [0.5, 0.6) is 0 Å². The molecule has 8 heteroatoms. The zero-order valence-electron chi connectivity index (χ0n) is 16.6. The largest absolute Gasteiger partial charge is 0.453 e. The van der Waals surface area contributed by atoms with Crippen molar-refractivity contribution in [2.45, 2.75) is 45.6 Å². The van der Waals surface area contributed by atoms with Crippen LogP contribution in [0.15, 0.2) is 24.3 Å². The number of nitrogens with one attached hydrogen (secondary N) is 1. The molecule has 0 spiro atoms. The molecule has 0 bridgehead atoms. The van der Waals surface area contributed by atoms with Gasteiger partial charge in [0.1, 0.15) is 0 Å². The Morgan fingerprint density at radius 2 is 1.93 bits per heavy atom. The quantitative estimate of drug-likeness (QED) is 0.748. The van der Waals surface area contributed by atoms with Gasteiger partial charge in [0.15, 0.2) is 6.10 Å². The molecule has 1 aromatic rings. The average molecular weight is 390 g/mol. The number of nitrogens with zero attached hydrogens (tertiary/aromatic N) is 1. The van der Waals surface area contributed by atoms with E-state index in [1.165, 1.54) is 6.92 Å². The van der Waals surface area contributed by atoms with Crippen LogP contribution in [0.4, 0.5) is 10.5 Å². The van der Waals surface area contributed by atoms with Gasteiger partial charge in [-0.3, -0.25) is 19.7 Å². The topological polar surface area (TPSA) is 102 Å². The van der Waals surface area contributed by atoms with Crippen LogP contribution in [0.3, 0.4) is 0 Å². The first-order valence-corrected chi connectivity index (χ1v) is 9.27. The maximum absolute atomic E-state index is 12.5. The van der Waals surface area contributed by atoms with Gasteiger partial charge in [-0.15, -0.1) is 0 Å². The van der Waals surface area contributed by atoms with Crippen LogP contribution >= 0.6 is 0 Å². The molecule has 0 saturated carbocycles. The van der Waals surface area contributed by atoms with Crippen molar-refractivity contribution >= 4 is 29.6 Å². The number of para-hydroxylation sites is 1. The third-order valence-corrected chi connectivity index (χ3v) is 4.90. The second-order valence-corrected chi connectivity index (χ2v) is 6.83. The molecule has 0 unspecified atom stereocenters. The number of amides is 3. The van der Waals surface area contributed by atoms with Gasteiger partial charge in [-0.1, -0.05) is 32.0 Å². The van der Waals surface area contributed by atoms with Crippen LogP contribution in [0, 0.1) is 5.92 Å². The first kappa shape index (κ1) is 21.4. The molecule has 1 aromatic carbocycles. The molecule has 3 amide bonds. The molecule has 0 aliphatic carbocycles. The number of anilines is 1. The molecule has 28 heavy (non-hydrogen) atoms. The fourth-order valence-electron chi connectivity index (χ4n) is 3.05. The molecule has 0 aromatic heterocycles. The Labute approximate surface area is 164 Å². The third kappa shape index (κ3) is 4.88. The standard InChI is InChI=1S/C20H26N2O6/c1-5-12(2)15-8-6-7-9-16(15)22-11-14(10-17(22)23)19(25)28-13(3)18(24)21-20(26)27-4/h6-9,12-14H,5,10-11H2,1-4H3,(H,21,24,26)/t12-,13+,14-/m1/s1. The smallest absolute Gasteiger partial charge is 0.413 e. The van der Waals surface area contributed by atoms with Gasteiger partial charge in [-0.2, -0.15) is 0 Å². The lowest BCUT2D eigenvalue weighted by Gasteiger charge is -2.23. The molecular formula is C20H26N2O6. The number of methoxy groups -OCH3 is 1. The summed E-state index contributed by atoms with van der Waals surface area (Å²) in [6.07, 6.45) is -1.17. The fraction of sp³-hybridized carbons (Fsp3) is 0.500. The molecule has 1 saturated heterocycles. The number of esters is 1. The minimum Gasteiger partial charge on any atom is -0.453 e. The van der Waals surface area contributed by atoms with Gasteiger partial charge >= 0.3 is 12.1 Å². The number of rotatable bonds is 6. The summed E-state index contributed by atoms with van der Waals surface area (Å²) in [5.41, 5.74) is 1.85. The van der Waals surface area contributed by atoms with Crippen molar-refractivity contribution in [1.82, 2.24) is 5.32 Å². The van der Waals surface area contributed by atoms with Crippen molar-refractivity contribution in [3.63, 3.8) is 0 Å². The predicted molar refractivity (Wildman–Crippen MR) is 102 cm³/mol. The Kier molecular flexibility index (Phi) is 7.14. The minimum absolute atomic E-state index is 0.0129. The van der Waals surface area contributed by atoms with E-state index in [1.54, 1.807) is 4.90 Å². The molecule has 0 radical (unpaired) electrons. The summed E-state index contributed by atoms with van der Waals surface area (Å²) in [6, 6.07) is 7.65. The van der Waals surface area contributed by atoms with Gasteiger partial charge < -0.3 is 14.4 Å². The summed E-state index contributed by atoms with van der Waals surface area (Å²) in [7, 11) is 1.12. The minimum atomic E-state index is -1.18. The van der Waals surface area contributed by atoms with Crippen LogP contribution in [-0.4, -0.2) is 43.6 Å². The van der Waals surface area contributed by atoms with Crippen molar-refractivity contribution in [3.05, 3.63) is 29.8 Å². The molecule has 1 fully saturated rings. The number of benzene rings is 1. The van der Waals surface area contributed by atoms with Gasteiger partial charge in [0.05, 0.1) is 13.0 Å². The van der Waals surface area contributed by atoms with Crippen molar-refractivity contribution in [2.24, 2.45) is 5.92 Å². The number of ether oxygens (including phenoxy) is 2. The highest BCUT2D eigenvalue weighted by Gasteiger charge is 2.38. The third-order valence-electron chi connectivity index (χ3n) is 4.90. The Morgan fingerprint density at radius 1 is 1.25 bits per heavy atom. The maximum Gasteiger partial charge on any atom is 0.413 e. The number of hydrogen-bond donors (Lipinski definition) is 1. The van der Waals surface area contributed by atoms with E-state index in [4.69, 9.17) is 4.74 Å². The van der Waals surface area contributed by atoms with Crippen LogP contribution < -0.4 is 10.2 Å². The molecule has 3 atom stereocenters. The lowest BCUT2D eigenvalue weighted by molar-refractivity contribution is -0.158. The highest BCUT2D eigenvalue weighted by Crippen LogP contribution is 2.33. The molecule has 8 nitrogen and oxygen atoms in total. The maximum atomic E-state index is 12.5. The first-order chi connectivity index (χ1) is 13.3. The van der Waals surface area contributed by atoms with Crippen LogP contribution in [0.2, 0.25) is 0 Å². The average Bonchev–Trinajstić information content (AvgIpc) is 3.08. The summed E-state index contributed by atoms with van der Waals surface area (Å²) in [6.45, 7) is 5.71. The zero-order valence-corrected chi connectivity index (χ0v) is 16.6. The Bertz CT molecular complexity index is 763. The van der Waals surface area contributed by atoms with Gasteiger partial charge in [0.2, 0.25) is 5.91 Å². The van der Waals surface area contributed by atoms with Crippen molar-refractivity contribution in [1.29, 1.82) is 0 Å². The highest BCUT2D eigenvalue weighted by molar-refractivity contribution is 6.00. The SMILES string of the molecule is CC[C@@H](C)c1ccccc1N1C[C@H](C(=O)O[C@@H](C)C(=O)NC(=O)OC)CC1=O. The number of carbonyl (C=O) groups excluding carboxylic acids is 4. The molecule has 152 valence electrons. The summed E-state index contributed by atoms with van der Waals surface area (Å²) in [5.74, 6) is -2.00. The van der Waals surface area contributed by atoms with E-state index in [1.807, 2.05) is 29.6 Å². The van der Waals surface area contributed by atoms with E-state index >= 15 is 0 Å². The number of carbonyl (C=O) groups is 4. The Morgan fingerprint density at radius 3 is 2.57 bits per heavy atom. The lowest BCUT2D eigenvalue weighted by Crippen LogP contribution is -2.40. The van der Waals surface area contributed by atoms with Crippen LogP contribution in [0.1, 0.15) is 45.1 Å². The van der Waals surface area contributed by atoms with Crippen molar-refractivity contribution < 1.29 is 28.7 Å². The normalized spacial score (nSPS) is 18.4. The van der Waals surface area contributed by atoms with E-state index in [0.29, 0.717) is 0 Å². The Hall–Kier alpha value is -2.90. The monoisotopic (exact) mass is 390 g/mol. The van der Waals surface area contributed by atoms with Crippen LogP contribution in [0.25, 0.3) is 0 Å². The molecule has 1 heterocycles. The predicted octanol–water partition coefficient (Wildman–Crippen LogP) is 2.37. The Balaban J connectivity index is 2.06. The summed E-state index contributed by atoms with van der Waals surface area (Å²) in [5, 5.41) is 1.94. The van der Waals surface area contributed by atoms with Crippen molar-refractivity contribution in [2.75, 3.05) is 18.6 Å². The van der Waals surface area contributed by atoms with E-state index in [-0.39, 0.29) is 24.8 Å². The highest BCUT2D eigenvalue weighted by atomic mass is 16.6. The number of hydrogen-bond acceptors (Lipinski definition) is 6. The summed E-state index contributed by atoms with van der Waals surface area (Å²) < 4.78 is 9.47. The van der Waals surface area contributed by atoms with E-state index in [9.17, 15) is 19.2 Å². The lowest BCUT2D eigenvalue weighted by atomic mass is 9.96. The van der Waals surface area contributed by atoms with Gasteiger partial charge in [0, 0.05) is 18.7 Å². The molecule has 1 N–H and O–H groups in total. The number of imide groups is 1. The first-order valence-electron chi connectivity index (χ1n) is 9.27.